The van der Waals surface area contributed by atoms with Gasteiger partial charge in [0.1, 0.15) is 6.73 Å². The molecule has 18 heavy (non-hydrogen) atoms. The zero-order chi connectivity index (χ0) is 13.3. The zero-order valence-corrected chi connectivity index (χ0v) is 11.5. The van der Waals surface area contributed by atoms with Gasteiger partial charge in [0.25, 0.3) is 0 Å². The molecule has 2 rings (SSSR count). The second kappa shape index (κ2) is 4.87. The van der Waals surface area contributed by atoms with Gasteiger partial charge in [0, 0.05) is 18.8 Å². The van der Waals surface area contributed by atoms with Gasteiger partial charge in [-0.1, -0.05) is 6.07 Å². The number of nitrogens with two attached hydrogens (primary N) is 1. The van der Waals surface area contributed by atoms with Crippen LogP contribution >= 0.6 is 0 Å². The molecule has 0 unspecified atom stereocenters. The van der Waals surface area contributed by atoms with E-state index >= 15 is 0 Å². The number of aryl methyl sites for hydroxylation is 1. The fraction of sp³-hybridized carbons (Fsp3) is 0.500. The second-order valence-corrected chi connectivity index (χ2v) is 6.40. The lowest BCUT2D eigenvalue weighted by Gasteiger charge is -2.26. The molecule has 1 saturated heterocycles. The van der Waals surface area contributed by atoms with Crippen molar-refractivity contribution in [3.63, 3.8) is 0 Å². The van der Waals surface area contributed by atoms with Crippen molar-refractivity contribution >= 4 is 15.7 Å². The highest BCUT2D eigenvalue weighted by Crippen LogP contribution is 2.27. The van der Waals surface area contributed by atoms with E-state index in [1.54, 1.807) is 19.1 Å². The molecule has 1 fully saturated rings. The lowest BCUT2D eigenvalue weighted by molar-refractivity contribution is 0.0313. The maximum atomic E-state index is 12.5. The number of anilines is 1. The van der Waals surface area contributed by atoms with Crippen LogP contribution in [0.2, 0.25) is 0 Å². The molecule has 6 heteroatoms. The van der Waals surface area contributed by atoms with Crippen LogP contribution in [0.15, 0.2) is 17.0 Å². The molecule has 1 aromatic carbocycles. The summed E-state index contributed by atoms with van der Waals surface area (Å²) in [5, 5.41) is 0. The highest BCUT2D eigenvalue weighted by Gasteiger charge is 2.28. The van der Waals surface area contributed by atoms with Gasteiger partial charge >= 0.3 is 0 Å². The molecule has 0 saturated carbocycles. The Morgan fingerprint density at radius 2 is 2.06 bits per heavy atom. The number of benzene rings is 1. The molecule has 100 valence electrons. The Hall–Kier alpha value is -1.11. The van der Waals surface area contributed by atoms with Crippen molar-refractivity contribution < 1.29 is 13.2 Å². The lowest BCUT2D eigenvalue weighted by Crippen LogP contribution is -2.38. The number of rotatable bonds is 2. The molecule has 2 N–H and O–H groups in total. The van der Waals surface area contributed by atoms with E-state index in [1.807, 2.05) is 6.92 Å². The molecule has 0 aliphatic carbocycles. The summed E-state index contributed by atoms with van der Waals surface area (Å²) in [4.78, 5) is 0.274. The molecule has 1 aromatic rings. The number of nitrogens with zero attached hydrogens (tertiary/aromatic N) is 1. The summed E-state index contributed by atoms with van der Waals surface area (Å²) in [6, 6.07) is 3.35. The maximum Gasteiger partial charge on any atom is 0.245 e. The van der Waals surface area contributed by atoms with Crippen LogP contribution < -0.4 is 5.73 Å². The third-order valence-corrected chi connectivity index (χ3v) is 5.20. The summed E-state index contributed by atoms with van der Waals surface area (Å²) in [5.41, 5.74) is 7.93. The zero-order valence-electron chi connectivity index (χ0n) is 10.6. The van der Waals surface area contributed by atoms with Crippen molar-refractivity contribution in [2.75, 3.05) is 25.6 Å². The third-order valence-electron chi connectivity index (χ3n) is 3.23. The number of hydrogen-bond donors (Lipinski definition) is 1. The number of hydrogen-bond acceptors (Lipinski definition) is 4. The van der Waals surface area contributed by atoms with Crippen molar-refractivity contribution in [3.05, 3.63) is 23.3 Å². The molecule has 0 spiro atoms. The minimum absolute atomic E-state index is 0.121. The molecule has 0 radical (unpaired) electrons. The molecule has 1 heterocycles. The van der Waals surface area contributed by atoms with Crippen LogP contribution in [0.1, 0.15) is 17.5 Å². The van der Waals surface area contributed by atoms with Gasteiger partial charge in [-0.15, -0.1) is 0 Å². The normalized spacial score (nSPS) is 17.9. The van der Waals surface area contributed by atoms with Crippen LogP contribution in [0.25, 0.3) is 0 Å². The van der Waals surface area contributed by atoms with E-state index in [2.05, 4.69) is 0 Å². The lowest BCUT2D eigenvalue weighted by atomic mass is 10.1. The standard InChI is InChI=1S/C12H18N2O3S/c1-9-4-5-11(10(2)12(9)13)18(15,16)14-6-3-7-17-8-14/h4-5H,3,6-8,13H2,1-2H3. The molecule has 0 amide bonds. The maximum absolute atomic E-state index is 12.5. The van der Waals surface area contributed by atoms with Crippen LogP contribution in [0.5, 0.6) is 0 Å². The Kier molecular flexibility index (Phi) is 3.61. The van der Waals surface area contributed by atoms with Gasteiger partial charge in [-0.2, -0.15) is 4.31 Å². The van der Waals surface area contributed by atoms with Crippen LogP contribution in [0.3, 0.4) is 0 Å². The Balaban J connectivity index is 2.44. The quantitative estimate of drug-likeness (QED) is 0.821. The van der Waals surface area contributed by atoms with Gasteiger partial charge in [-0.25, -0.2) is 8.42 Å². The van der Waals surface area contributed by atoms with Gasteiger partial charge in [-0.3, -0.25) is 0 Å². The first-order valence-corrected chi connectivity index (χ1v) is 7.32. The monoisotopic (exact) mass is 270 g/mol. The van der Waals surface area contributed by atoms with Crippen LogP contribution in [0, 0.1) is 13.8 Å². The molecule has 0 atom stereocenters. The van der Waals surface area contributed by atoms with E-state index in [1.165, 1.54) is 4.31 Å². The Bertz CT molecular complexity index is 549. The van der Waals surface area contributed by atoms with Gasteiger partial charge in [0.05, 0.1) is 4.90 Å². The average Bonchev–Trinajstić information content (AvgIpc) is 2.37. The molecule has 5 nitrogen and oxygen atoms in total. The second-order valence-electron chi connectivity index (χ2n) is 4.49. The van der Waals surface area contributed by atoms with Crippen LogP contribution in [0.4, 0.5) is 5.69 Å². The molecule has 1 aliphatic heterocycles. The third kappa shape index (κ3) is 2.23. The Morgan fingerprint density at radius 1 is 1.33 bits per heavy atom. The Morgan fingerprint density at radius 3 is 2.67 bits per heavy atom. The topological polar surface area (TPSA) is 72.6 Å². The fourth-order valence-corrected chi connectivity index (χ4v) is 3.62. The van der Waals surface area contributed by atoms with Gasteiger partial charge < -0.3 is 10.5 Å². The number of sulfonamides is 1. The fourth-order valence-electron chi connectivity index (χ4n) is 2.03. The highest BCUT2D eigenvalue weighted by atomic mass is 32.2. The summed E-state index contributed by atoms with van der Waals surface area (Å²) >= 11 is 0. The molecule has 1 aliphatic rings. The van der Waals surface area contributed by atoms with E-state index in [-0.39, 0.29) is 11.6 Å². The van der Waals surface area contributed by atoms with Crippen LogP contribution in [-0.4, -0.2) is 32.6 Å². The van der Waals surface area contributed by atoms with E-state index in [0.717, 1.165) is 12.0 Å². The summed E-state index contributed by atoms with van der Waals surface area (Å²) in [6.45, 7) is 4.83. The highest BCUT2D eigenvalue weighted by molar-refractivity contribution is 7.89. The molecular formula is C12H18N2O3S. The van der Waals surface area contributed by atoms with Gasteiger partial charge in [0.2, 0.25) is 10.0 Å². The largest absolute Gasteiger partial charge is 0.398 e. The van der Waals surface area contributed by atoms with Gasteiger partial charge in [-0.05, 0) is 37.5 Å². The van der Waals surface area contributed by atoms with Crippen molar-refractivity contribution in [3.8, 4) is 0 Å². The predicted molar refractivity (Wildman–Crippen MR) is 69.7 cm³/mol. The minimum Gasteiger partial charge on any atom is -0.398 e. The molecule has 0 bridgehead atoms. The number of nitrogen functional groups attached to an aromatic ring is 1. The van der Waals surface area contributed by atoms with Crippen molar-refractivity contribution in [2.24, 2.45) is 0 Å². The summed E-state index contributed by atoms with van der Waals surface area (Å²) in [5.74, 6) is 0. The smallest absolute Gasteiger partial charge is 0.245 e. The summed E-state index contributed by atoms with van der Waals surface area (Å²) in [6.07, 6.45) is 0.722. The SMILES string of the molecule is Cc1ccc(S(=O)(=O)N2CCCOC2)c(C)c1N. The first kappa shape index (κ1) is 13.3. The van der Waals surface area contributed by atoms with E-state index < -0.39 is 10.0 Å². The molecule has 0 aromatic heterocycles. The van der Waals surface area contributed by atoms with Gasteiger partial charge in [0.15, 0.2) is 0 Å². The minimum atomic E-state index is -3.50. The van der Waals surface area contributed by atoms with E-state index in [9.17, 15) is 8.42 Å². The van der Waals surface area contributed by atoms with E-state index in [4.69, 9.17) is 10.5 Å². The van der Waals surface area contributed by atoms with Crippen molar-refractivity contribution in [2.45, 2.75) is 25.2 Å². The summed E-state index contributed by atoms with van der Waals surface area (Å²) in [7, 11) is -3.50. The van der Waals surface area contributed by atoms with Crippen molar-refractivity contribution in [1.82, 2.24) is 4.31 Å². The first-order chi connectivity index (χ1) is 8.44. The van der Waals surface area contributed by atoms with E-state index in [0.29, 0.717) is 24.4 Å². The Labute approximate surface area is 108 Å². The average molecular weight is 270 g/mol. The number of ether oxygens (including phenoxy) is 1. The van der Waals surface area contributed by atoms with Crippen molar-refractivity contribution in [1.29, 1.82) is 0 Å². The predicted octanol–water partition coefficient (Wildman–Crippen LogP) is 1.25. The molecular weight excluding hydrogens is 252 g/mol. The summed E-state index contributed by atoms with van der Waals surface area (Å²) < 4.78 is 31.5. The van der Waals surface area contributed by atoms with Crippen LogP contribution in [-0.2, 0) is 14.8 Å². The first-order valence-electron chi connectivity index (χ1n) is 5.88.